The number of aromatic nitrogens is 3. The number of aryl methyl sites for hydroxylation is 1. The van der Waals surface area contributed by atoms with Crippen molar-refractivity contribution >= 4 is 28.4 Å². The largest absolute Gasteiger partial charge is 0.349 e. The number of aromatic amines is 1. The molecule has 5 rings (SSSR count). The van der Waals surface area contributed by atoms with Gasteiger partial charge in [0.05, 0.1) is 5.52 Å². The molecule has 0 saturated heterocycles. The van der Waals surface area contributed by atoms with Crippen molar-refractivity contribution in [3.05, 3.63) is 82.6 Å². The normalized spacial score (nSPS) is 20.6. The summed E-state index contributed by atoms with van der Waals surface area (Å²) in [6.07, 6.45) is 4.83. The van der Waals surface area contributed by atoms with Gasteiger partial charge >= 0.3 is 0 Å². The molecule has 1 aliphatic rings. The lowest BCUT2D eigenvalue weighted by molar-refractivity contribution is 0.0914. The molecule has 6 heteroatoms. The smallest absolute Gasteiger partial charge is 0.251 e. The highest BCUT2D eigenvalue weighted by atomic mass is 35.5. The van der Waals surface area contributed by atoms with Crippen LogP contribution in [0.15, 0.2) is 60.8 Å². The predicted octanol–water partition coefficient (Wildman–Crippen LogP) is 6.29. The van der Waals surface area contributed by atoms with Crippen molar-refractivity contribution in [3.63, 3.8) is 0 Å². The number of carbonyl (C=O) groups is 1. The molecule has 5 nitrogen and oxygen atoms in total. The molecule has 1 unspecified atom stereocenters. The first kappa shape index (κ1) is 21.7. The minimum atomic E-state index is -0.0634. The van der Waals surface area contributed by atoms with Gasteiger partial charge in [0, 0.05) is 45.4 Å². The minimum absolute atomic E-state index is 0.0518. The number of pyridine rings is 1. The summed E-state index contributed by atoms with van der Waals surface area (Å²) in [6.45, 7) is 4.23. The molecule has 2 aromatic heterocycles. The first-order valence-electron chi connectivity index (χ1n) is 11.5. The van der Waals surface area contributed by atoms with Gasteiger partial charge in [-0.3, -0.25) is 14.9 Å². The maximum atomic E-state index is 13.3. The van der Waals surface area contributed by atoms with Crippen LogP contribution in [0.2, 0.25) is 5.02 Å². The van der Waals surface area contributed by atoms with E-state index in [1.165, 1.54) is 0 Å². The summed E-state index contributed by atoms with van der Waals surface area (Å²) in [6, 6.07) is 17.7. The number of carbonyl (C=O) groups excluding carboxylic acids is 1. The van der Waals surface area contributed by atoms with Crippen molar-refractivity contribution < 1.29 is 4.79 Å². The highest BCUT2D eigenvalue weighted by molar-refractivity contribution is 6.31. The number of hydrogen-bond donors (Lipinski definition) is 2. The highest BCUT2D eigenvalue weighted by Gasteiger charge is 2.32. The topological polar surface area (TPSA) is 70.7 Å². The Morgan fingerprint density at radius 2 is 1.97 bits per heavy atom. The molecule has 1 aliphatic carbocycles. The van der Waals surface area contributed by atoms with Crippen LogP contribution in [0.4, 0.5) is 0 Å². The van der Waals surface area contributed by atoms with Crippen LogP contribution in [0.25, 0.3) is 22.2 Å². The summed E-state index contributed by atoms with van der Waals surface area (Å²) in [5.41, 5.74) is 5.38. The lowest BCUT2D eigenvalue weighted by Gasteiger charge is -2.36. The molecule has 2 heterocycles. The fourth-order valence-electron chi connectivity index (χ4n) is 4.99. The quantitative estimate of drug-likeness (QED) is 0.377. The second kappa shape index (κ2) is 8.99. The van der Waals surface area contributed by atoms with Crippen molar-refractivity contribution in [2.24, 2.45) is 5.92 Å². The zero-order chi connectivity index (χ0) is 22.9. The molecule has 0 bridgehead atoms. The molecule has 1 fully saturated rings. The molecule has 0 radical (unpaired) electrons. The van der Waals surface area contributed by atoms with Gasteiger partial charge in [-0.1, -0.05) is 36.7 Å². The molecular weight excluding hydrogens is 432 g/mol. The number of H-pyrrole nitrogens is 1. The van der Waals surface area contributed by atoms with Gasteiger partial charge in [-0.2, -0.15) is 5.10 Å². The Morgan fingerprint density at radius 3 is 2.79 bits per heavy atom. The molecule has 1 saturated carbocycles. The number of rotatable bonds is 4. The van der Waals surface area contributed by atoms with Crippen LogP contribution < -0.4 is 5.32 Å². The SMILES string of the molecule is Cc1cc(-c2n[nH]c3ccc(C(=O)N[C@H]4CCC(C)C[C@@H]4c4ccccc4Cl)cc23)ccn1. The van der Waals surface area contributed by atoms with Crippen molar-refractivity contribution in [3.8, 4) is 11.3 Å². The summed E-state index contributed by atoms with van der Waals surface area (Å²) in [7, 11) is 0. The fourth-order valence-corrected chi connectivity index (χ4v) is 5.27. The maximum Gasteiger partial charge on any atom is 0.251 e. The Labute approximate surface area is 198 Å². The Hall–Kier alpha value is -3.18. The summed E-state index contributed by atoms with van der Waals surface area (Å²) < 4.78 is 0. The summed E-state index contributed by atoms with van der Waals surface area (Å²) >= 11 is 6.54. The van der Waals surface area contributed by atoms with E-state index in [1.54, 1.807) is 6.20 Å². The molecule has 33 heavy (non-hydrogen) atoms. The second-order valence-electron chi connectivity index (χ2n) is 9.14. The van der Waals surface area contributed by atoms with Gasteiger partial charge in [0.2, 0.25) is 0 Å². The Bertz CT molecular complexity index is 1310. The van der Waals surface area contributed by atoms with Crippen LogP contribution in [0.3, 0.4) is 0 Å². The lowest BCUT2D eigenvalue weighted by atomic mass is 9.75. The molecule has 1 amide bonds. The monoisotopic (exact) mass is 458 g/mol. The summed E-state index contributed by atoms with van der Waals surface area (Å²) in [5.74, 6) is 0.749. The molecule has 168 valence electrons. The van der Waals surface area contributed by atoms with Crippen molar-refractivity contribution in [2.45, 2.75) is 45.1 Å². The van der Waals surface area contributed by atoms with E-state index >= 15 is 0 Å². The zero-order valence-electron chi connectivity index (χ0n) is 18.8. The second-order valence-corrected chi connectivity index (χ2v) is 9.55. The van der Waals surface area contributed by atoms with Gasteiger partial charge in [0.1, 0.15) is 5.69 Å². The van der Waals surface area contributed by atoms with Gasteiger partial charge in [-0.05, 0) is 74.1 Å². The Balaban J connectivity index is 1.43. The summed E-state index contributed by atoms with van der Waals surface area (Å²) in [4.78, 5) is 17.6. The Morgan fingerprint density at radius 1 is 1.12 bits per heavy atom. The van der Waals surface area contributed by atoms with Gasteiger partial charge in [0.25, 0.3) is 5.91 Å². The van der Waals surface area contributed by atoms with E-state index in [-0.39, 0.29) is 17.9 Å². The molecule has 2 N–H and O–H groups in total. The van der Waals surface area contributed by atoms with Crippen LogP contribution in [-0.4, -0.2) is 27.1 Å². The molecule has 3 atom stereocenters. The number of nitrogens with zero attached hydrogens (tertiary/aromatic N) is 2. The average molecular weight is 459 g/mol. The van der Waals surface area contributed by atoms with E-state index < -0.39 is 0 Å². The lowest BCUT2D eigenvalue weighted by Crippen LogP contribution is -2.42. The maximum absolute atomic E-state index is 13.3. The van der Waals surface area contributed by atoms with E-state index in [9.17, 15) is 4.79 Å². The van der Waals surface area contributed by atoms with E-state index in [2.05, 4.69) is 33.5 Å². The van der Waals surface area contributed by atoms with E-state index in [0.29, 0.717) is 11.5 Å². The first-order valence-corrected chi connectivity index (χ1v) is 11.8. The third kappa shape index (κ3) is 4.38. The molecule has 0 spiro atoms. The van der Waals surface area contributed by atoms with Gasteiger partial charge < -0.3 is 5.32 Å². The van der Waals surface area contributed by atoms with Crippen molar-refractivity contribution in [1.82, 2.24) is 20.5 Å². The predicted molar refractivity (Wildman–Crippen MR) is 133 cm³/mol. The van der Waals surface area contributed by atoms with Gasteiger partial charge in [-0.15, -0.1) is 0 Å². The Kier molecular flexibility index (Phi) is 5.90. The number of benzene rings is 2. The van der Waals surface area contributed by atoms with Crippen LogP contribution in [0.1, 0.15) is 53.7 Å². The first-order chi connectivity index (χ1) is 16.0. The fraction of sp³-hybridized carbons (Fsp3) is 0.296. The number of halogens is 1. The average Bonchev–Trinajstić information content (AvgIpc) is 3.24. The molecule has 4 aromatic rings. The third-order valence-electron chi connectivity index (χ3n) is 6.73. The van der Waals surface area contributed by atoms with Gasteiger partial charge in [0.15, 0.2) is 0 Å². The van der Waals surface area contributed by atoms with Crippen LogP contribution in [0, 0.1) is 12.8 Å². The van der Waals surface area contributed by atoms with E-state index in [1.807, 2.05) is 55.5 Å². The van der Waals surface area contributed by atoms with Crippen LogP contribution in [-0.2, 0) is 0 Å². The van der Waals surface area contributed by atoms with Crippen molar-refractivity contribution in [1.29, 1.82) is 0 Å². The number of hydrogen-bond acceptors (Lipinski definition) is 3. The molecular formula is C27H27ClN4O. The zero-order valence-corrected chi connectivity index (χ0v) is 19.6. The van der Waals surface area contributed by atoms with Crippen molar-refractivity contribution in [2.75, 3.05) is 0 Å². The number of fused-ring (bicyclic) bond motifs is 1. The molecule has 0 aliphatic heterocycles. The molecule has 2 aromatic carbocycles. The summed E-state index contributed by atoms with van der Waals surface area (Å²) in [5, 5.41) is 12.6. The minimum Gasteiger partial charge on any atom is -0.349 e. The van der Waals surface area contributed by atoms with Crippen LogP contribution in [0.5, 0.6) is 0 Å². The van der Waals surface area contributed by atoms with Crippen LogP contribution >= 0.6 is 11.6 Å². The number of amides is 1. The standard InChI is InChI=1S/C27H27ClN4O/c1-16-7-9-24(21(13-16)20-5-3-4-6-23(20)28)30-27(33)19-8-10-25-22(15-19)26(32-31-25)18-11-12-29-17(2)14-18/h3-6,8,10-12,14-16,21,24H,7,9,13H2,1-2H3,(H,30,33)(H,31,32)/t16?,21-,24+/m1/s1. The third-order valence-corrected chi connectivity index (χ3v) is 7.07. The van der Waals surface area contributed by atoms with E-state index in [0.717, 1.165) is 57.7 Å². The number of nitrogens with one attached hydrogen (secondary N) is 2. The van der Waals surface area contributed by atoms with E-state index in [4.69, 9.17) is 11.6 Å². The highest BCUT2D eigenvalue weighted by Crippen LogP contribution is 2.39. The van der Waals surface area contributed by atoms with Gasteiger partial charge in [-0.25, -0.2) is 0 Å².